The molecule has 5 nitrogen and oxygen atoms in total. The standard InChI is InChI=1S/C19H24FN3O2/c1-3-4-8-18(25)19(21-17-10-9-13(2)11-16(17)20)23-22-14-6-5-7-15(24)12-14/h6,9-12,22,24H,3-5,7-8H2,1-2H3,(H,21,23). The number of hydrogen-bond donors (Lipinski definition) is 3. The van der Waals surface area contributed by atoms with Crippen molar-refractivity contribution in [3.05, 3.63) is 53.2 Å². The predicted molar refractivity (Wildman–Crippen MR) is 97.1 cm³/mol. The average Bonchev–Trinajstić information content (AvgIpc) is 2.58. The third-order valence-electron chi connectivity index (χ3n) is 3.77. The Balaban J connectivity index is 2.19. The highest BCUT2D eigenvalue weighted by atomic mass is 19.1. The van der Waals surface area contributed by atoms with Crippen LogP contribution in [0.3, 0.4) is 0 Å². The van der Waals surface area contributed by atoms with Crippen molar-refractivity contribution in [1.82, 2.24) is 10.9 Å². The molecule has 0 fully saturated rings. The fraction of sp³-hybridized carbons (Fsp3) is 0.368. The highest BCUT2D eigenvalue weighted by molar-refractivity contribution is 6.39. The molecule has 3 N–H and O–H groups in total. The molecule has 25 heavy (non-hydrogen) atoms. The van der Waals surface area contributed by atoms with Gasteiger partial charge in [0.25, 0.3) is 0 Å². The van der Waals surface area contributed by atoms with Gasteiger partial charge in [0, 0.05) is 18.9 Å². The van der Waals surface area contributed by atoms with Gasteiger partial charge in [-0.15, -0.1) is 0 Å². The minimum Gasteiger partial charge on any atom is -0.512 e. The van der Waals surface area contributed by atoms with Crippen molar-refractivity contribution in [3.8, 4) is 0 Å². The van der Waals surface area contributed by atoms with E-state index in [9.17, 15) is 14.3 Å². The maximum Gasteiger partial charge on any atom is 0.199 e. The Hall–Kier alpha value is -2.63. The van der Waals surface area contributed by atoms with Crippen LogP contribution in [0.1, 0.15) is 44.6 Å². The van der Waals surface area contributed by atoms with Crippen molar-refractivity contribution in [2.75, 3.05) is 0 Å². The molecule has 1 aliphatic carbocycles. The third-order valence-corrected chi connectivity index (χ3v) is 3.77. The lowest BCUT2D eigenvalue weighted by atomic mass is 10.1. The van der Waals surface area contributed by atoms with E-state index in [0.717, 1.165) is 18.4 Å². The van der Waals surface area contributed by atoms with Crippen LogP contribution in [-0.2, 0) is 4.79 Å². The number of halogens is 1. The summed E-state index contributed by atoms with van der Waals surface area (Å²) in [7, 11) is 0. The molecule has 0 heterocycles. The number of aliphatic hydroxyl groups is 1. The number of ketones is 1. The van der Waals surface area contributed by atoms with E-state index in [2.05, 4.69) is 15.8 Å². The second-order valence-corrected chi connectivity index (χ2v) is 6.03. The number of carbonyl (C=O) groups is 1. The van der Waals surface area contributed by atoms with E-state index in [0.29, 0.717) is 25.0 Å². The maximum atomic E-state index is 14.1. The molecule has 0 bridgehead atoms. The highest BCUT2D eigenvalue weighted by Gasteiger charge is 2.13. The summed E-state index contributed by atoms with van der Waals surface area (Å²) in [6, 6.07) is 4.67. The molecule has 0 atom stereocenters. The summed E-state index contributed by atoms with van der Waals surface area (Å²) in [5.74, 6) is -0.348. The van der Waals surface area contributed by atoms with Gasteiger partial charge in [0.1, 0.15) is 11.5 Å². The van der Waals surface area contributed by atoms with Crippen molar-refractivity contribution in [2.45, 2.75) is 46.0 Å². The Labute approximate surface area is 147 Å². The van der Waals surface area contributed by atoms with E-state index in [-0.39, 0.29) is 23.1 Å². The molecule has 134 valence electrons. The number of aryl methyl sites for hydroxylation is 1. The molecule has 0 saturated heterocycles. The fourth-order valence-corrected chi connectivity index (χ4v) is 2.34. The molecule has 6 heteroatoms. The number of carbonyl (C=O) groups excluding carboxylic acids is 1. The first-order chi connectivity index (χ1) is 12.0. The van der Waals surface area contributed by atoms with Crippen LogP contribution < -0.4 is 10.9 Å². The first kappa shape index (κ1) is 18.7. The fourth-order valence-electron chi connectivity index (χ4n) is 2.34. The van der Waals surface area contributed by atoms with Gasteiger partial charge < -0.3 is 5.11 Å². The van der Waals surface area contributed by atoms with Crippen molar-refractivity contribution in [2.24, 2.45) is 4.99 Å². The molecule has 0 radical (unpaired) electrons. The van der Waals surface area contributed by atoms with Gasteiger partial charge >= 0.3 is 0 Å². The largest absolute Gasteiger partial charge is 0.512 e. The highest BCUT2D eigenvalue weighted by Crippen LogP contribution is 2.19. The number of nitrogens with one attached hydrogen (secondary N) is 2. The summed E-state index contributed by atoms with van der Waals surface area (Å²) < 4.78 is 14.1. The van der Waals surface area contributed by atoms with Gasteiger partial charge in [-0.3, -0.25) is 15.6 Å². The maximum absolute atomic E-state index is 14.1. The first-order valence-electron chi connectivity index (χ1n) is 8.49. The van der Waals surface area contributed by atoms with E-state index < -0.39 is 5.82 Å². The number of unbranched alkanes of at least 4 members (excludes halogenated alkanes) is 1. The summed E-state index contributed by atoms with van der Waals surface area (Å²) in [6.07, 6.45) is 6.72. The van der Waals surface area contributed by atoms with Gasteiger partial charge in [0.2, 0.25) is 0 Å². The van der Waals surface area contributed by atoms with Crippen LogP contribution in [0, 0.1) is 12.7 Å². The number of benzene rings is 1. The van der Waals surface area contributed by atoms with Crippen molar-refractivity contribution in [3.63, 3.8) is 0 Å². The second-order valence-electron chi connectivity index (χ2n) is 6.03. The van der Waals surface area contributed by atoms with Crippen LogP contribution in [0.4, 0.5) is 10.1 Å². The van der Waals surface area contributed by atoms with Crippen LogP contribution in [0.5, 0.6) is 0 Å². The lowest BCUT2D eigenvalue weighted by Gasteiger charge is -2.15. The van der Waals surface area contributed by atoms with Crippen LogP contribution in [0.2, 0.25) is 0 Å². The van der Waals surface area contributed by atoms with Crippen LogP contribution in [0.25, 0.3) is 0 Å². The van der Waals surface area contributed by atoms with E-state index in [4.69, 9.17) is 0 Å². The molecule has 2 rings (SSSR count). The van der Waals surface area contributed by atoms with E-state index >= 15 is 0 Å². The smallest absolute Gasteiger partial charge is 0.199 e. The van der Waals surface area contributed by atoms with Crippen molar-refractivity contribution in [1.29, 1.82) is 0 Å². The number of aliphatic imine (C=N–C) groups is 1. The SMILES string of the molecule is CCCCC(=O)/C(=N/c1ccc(C)cc1F)NNC1=CCCC(O)=C1. The Morgan fingerprint density at radius 1 is 1.40 bits per heavy atom. The molecular weight excluding hydrogens is 321 g/mol. The molecule has 0 amide bonds. The van der Waals surface area contributed by atoms with Gasteiger partial charge in [-0.1, -0.05) is 25.5 Å². The molecular formula is C19H24FN3O2. The Morgan fingerprint density at radius 3 is 2.88 bits per heavy atom. The number of hydrogen-bond acceptors (Lipinski definition) is 4. The lowest BCUT2D eigenvalue weighted by Crippen LogP contribution is -2.41. The minimum absolute atomic E-state index is 0.0515. The summed E-state index contributed by atoms with van der Waals surface area (Å²) in [5.41, 5.74) is 7.17. The molecule has 1 aliphatic rings. The number of amidine groups is 1. The first-order valence-corrected chi connectivity index (χ1v) is 8.49. The molecule has 0 unspecified atom stereocenters. The Kier molecular flexibility index (Phi) is 6.74. The summed E-state index contributed by atoms with van der Waals surface area (Å²) in [6.45, 7) is 3.79. The Bertz CT molecular complexity index is 723. The van der Waals surface area contributed by atoms with Gasteiger partial charge in [0.05, 0.1) is 11.5 Å². The molecule has 0 aromatic heterocycles. The third kappa shape index (κ3) is 5.74. The molecule has 1 aromatic carbocycles. The van der Waals surface area contributed by atoms with Gasteiger partial charge in [-0.2, -0.15) is 0 Å². The number of nitrogens with zero attached hydrogens (tertiary/aromatic N) is 1. The predicted octanol–water partition coefficient (Wildman–Crippen LogP) is 4.14. The number of aliphatic hydroxyl groups excluding tert-OH is 1. The van der Waals surface area contributed by atoms with Crippen molar-refractivity contribution < 1.29 is 14.3 Å². The zero-order valence-corrected chi connectivity index (χ0v) is 14.6. The molecule has 0 spiro atoms. The summed E-state index contributed by atoms with van der Waals surface area (Å²) in [5, 5.41) is 9.57. The molecule has 0 aliphatic heterocycles. The van der Waals surface area contributed by atoms with Gasteiger partial charge in [-0.25, -0.2) is 9.38 Å². The van der Waals surface area contributed by atoms with Crippen LogP contribution in [-0.4, -0.2) is 16.7 Å². The summed E-state index contributed by atoms with van der Waals surface area (Å²) in [4.78, 5) is 16.5. The number of allylic oxidation sites excluding steroid dienone is 3. The number of rotatable bonds is 7. The normalized spacial score (nSPS) is 14.6. The monoisotopic (exact) mass is 345 g/mol. The van der Waals surface area contributed by atoms with Crippen molar-refractivity contribution >= 4 is 17.3 Å². The zero-order chi connectivity index (χ0) is 18.2. The van der Waals surface area contributed by atoms with Gasteiger partial charge in [0.15, 0.2) is 11.6 Å². The Morgan fingerprint density at radius 2 is 2.20 bits per heavy atom. The second kappa shape index (κ2) is 9.01. The summed E-state index contributed by atoms with van der Waals surface area (Å²) >= 11 is 0. The van der Waals surface area contributed by atoms with E-state index in [1.807, 2.05) is 13.0 Å². The average molecular weight is 345 g/mol. The minimum atomic E-state index is -0.475. The van der Waals surface area contributed by atoms with E-state index in [1.165, 1.54) is 6.07 Å². The number of Topliss-reactive ketones (excluding diaryl/α,β-unsaturated/α-hetero) is 1. The van der Waals surface area contributed by atoms with Crippen LogP contribution >= 0.6 is 0 Å². The van der Waals surface area contributed by atoms with Crippen LogP contribution in [0.15, 0.2) is 46.8 Å². The van der Waals surface area contributed by atoms with E-state index in [1.54, 1.807) is 25.1 Å². The number of hydrazine groups is 1. The molecule has 0 saturated carbocycles. The lowest BCUT2D eigenvalue weighted by molar-refractivity contribution is -0.113. The topological polar surface area (TPSA) is 73.7 Å². The quantitative estimate of drug-likeness (QED) is 0.394. The zero-order valence-electron chi connectivity index (χ0n) is 14.6. The molecule has 1 aromatic rings. The van der Waals surface area contributed by atoms with Gasteiger partial charge in [-0.05, 0) is 37.5 Å².